The minimum Gasteiger partial charge on any atom is -0.369 e. The molecule has 84 valence electrons. The van der Waals surface area contributed by atoms with E-state index < -0.39 is 17.2 Å². The molecule has 0 bridgehead atoms. The molecule has 0 saturated carbocycles. The number of hydrogen-bond donors (Lipinski definition) is 2. The summed E-state index contributed by atoms with van der Waals surface area (Å²) in [5, 5.41) is 0. The van der Waals surface area contributed by atoms with Crippen molar-refractivity contribution >= 4 is 5.91 Å². The van der Waals surface area contributed by atoms with E-state index in [9.17, 15) is 14.4 Å². The molecule has 0 aromatic carbocycles. The number of hydrogen-bond acceptors (Lipinski definition) is 3. The van der Waals surface area contributed by atoms with Crippen LogP contribution in [0.15, 0.2) is 15.7 Å². The van der Waals surface area contributed by atoms with Gasteiger partial charge >= 0.3 is 5.69 Å². The van der Waals surface area contributed by atoms with Crippen molar-refractivity contribution in [3.05, 3.63) is 32.6 Å². The molecule has 16 heavy (non-hydrogen) atoms. The Morgan fingerprint density at radius 2 is 2.25 bits per heavy atom. The minimum atomic E-state index is -0.614. The van der Waals surface area contributed by atoms with E-state index >= 15 is 0 Å². The van der Waals surface area contributed by atoms with E-state index in [0.29, 0.717) is 0 Å². The molecule has 0 saturated heterocycles. The summed E-state index contributed by atoms with van der Waals surface area (Å²) in [5.74, 6) is 1.72. The molecule has 0 spiro atoms. The zero-order valence-corrected chi connectivity index (χ0v) is 8.53. The van der Waals surface area contributed by atoms with Gasteiger partial charge in [0, 0.05) is 24.7 Å². The molecule has 1 heterocycles. The summed E-state index contributed by atoms with van der Waals surface area (Å²) >= 11 is 0. The zero-order chi connectivity index (χ0) is 12.1. The molecular weight excluding hydrogens is 210 g/mol. The molecule has 3 N–H and O–H groups in total. The van der Waals surface area contributed by atoms with Gasteiger partial charge in [0.05, 0.1) is 6.42 Å². The number of carbonyl (C=O) groups excluding carboxylic acids is 1. The number of rotatable bonds is 4. The normalized spacial score (nSPS) is 9.69. The van der Waals surface area contributed by atoms with Crippen molar-refractivity contribution in [2.24, 2.45) is 5.73 Å². The topological polar surface area (TPSA) is 97.9 Å². The van der Waals surface area contributed by atoms with Crippen LogP contribution in [0, 0.1) is 12.3 Å². The van der Waals surface area contributed by atoms with E-state index in [1.54, 1.807) is 0 Å². The standard InChI is InChI=1S/C10H11N3O3/c1-2-3-4-13-9(15)6-7(5-8(11)14)12-10(13)16/h1,6H,3-5H2,(H2,11,14)(H,12,16). The molecule has 0 aliphatic heterocycles. The van der Waals surface area contributed by atoms with Crippen molar-refractivity contribution in [2.75, 3.05) is 0 Å². The van der Waals surface area contributed by atoms with Gasteiger partial charge in [0.2, 0.25) is 5.91 Å². The van der Waals surface area contributed by atoms with Crippen LogP contribution in [-0.4, -0.2) is 15.5 Å². The maximum Gasteiger partial charge on any atom is 0.328 e. The smallest absolute Gasteiger partial charge is 0.328 e. The van der Waals surface area contributed by atoms with Gasteiger partial charge in [0.1, 0.15) is 0 Å². The number of terminal acetylenes is 1. The van der Waals surface area contributed by atoms with E-state index in [4.69, 9.17) is 12.2 Å². The van der Waals surface area contributed by atoms with E-state index in [1.165, 1.54) is 6.07 Å². The van der Waals surface area contributed by atoms with Crippen LogP contribution in [0.2, 0.25) is 0 Å². The van der Waals surface area contributed by atoms with Gasteiger partial charge < -0.3 is 10.7 Å². The fourth-order valence-corrected chi connectivity index (χ4v) is 1.24. The SMILES string of the molecule is C#CCCn1c(=O)cc(CC(N)=O)[nH]c1=O. The molecular formula is C10H11N3O3. The van der Waals surface area contributed by atoms with Gasteiger partial charge in [-0.2, -0.15) is 0 Å². The van der Waals surface area contributed by atoms with Crippen LogP contribution in [0.3, 0.4) is 0 Å². The number of H-pyrrole nitrogens is 1. The molecule has 1 rings (SSSR count). The highest BCUT2D eigenvalue weighted by Gasteiger charge is 2.05. The van der Waals surface area contributed by atoms with Gasteiger partial charge in [0.25, 0.3) is 5.56 Å². The lowest BCUT2D eigenvalue weighted by atomic mass is 10.3. The molecule has 0 unspecified atom stereocenters. The van der Waals surface area contributed by atoms with Gasteiger partial charge in [0.15, 0.2) is 0 Å². The van der Waals surface area contributed by atoms with Gasteiger partial charge in [-0.15, -0.1) is 12.3 Å². The molecule has 0 atom stereocenters. The predicted octanol–water partition coefficient (Wildman–Crippen LogP) is -1.41. The maximum atomic E-state index is 11.5. The molecule has 0 radical (unpaired) electrons. The van der Waals surface area contributed by atoms with Crippen molar-refractivity contribution in [1.29, 1.82) is 0 Å². The molecule has 0 aliphatic carbocycles. The lowest BCUT2D eigenvalue weighted by molar-refractivity contribution is -0.117. The number of nitrogens with two attached hydrogens (primary N) is 1. The number of nitrogens with one attached hydrogen (secondary N) is 1. The van der Waals surface area contributed by atoms with Crippen LogP contribution in [0.4, 0.5) is 0 Å². The summed E-state index contributed by atoms with van der Waals surface area (Å²) in [6.07, 6.45) is 5.16. The third-order valence-electron chi connectivity index (χ3n) is 1.92. The number of primary amides is 1. The average molecular weight is 221 g/mol. The van der Waals surface area contributed by atoms with Crippen molar-refractivity contribution < 1.29 is 4.79 Å². The second-order valence-electron chi connectivity index (χ2n) is 3.19. The molecule has 1 aromatic heterocycles. The number of nitrogens with zero attached hydrogens (tertiary/aromatic N) is 1. The largest absolute Gasteiger partial charge is 0.369 e. The Bertz CT molecular complexity index is 516. The molecule has 6 heteroatoms. The predicted molar refractivity (Wildman–Crippen MR) is 57.7 cm³/mol. The van der Waals surface area contributed by atoms with Crippen LogP contribution in [0.5, 0.6) is 0 Å². The van der Waals surface area contributed by atoms with Crippen LogP contribution >= 0.6 is 0 Å². The molecule has 0 fully saturated rings. The monoisotopic (exact) mass is 221 g/mol. The van der Waals surface area contributed by atoms with Gasteiger partial charge in [-0.25, -0.2) is 4.79 Å². The number of carbonyl (C=O) groups is 1. The van der Waals surface area contributed by atoms with Crippen LogP contribution < -0.4 is 17.0 Å². The number of aromatic amines is 1. The Kier molecular flexibility index (Phi) is 3.67. The second-order valence-corrected chi connectivity index (χ2v) is 3.19. The van der Waals surface area contributed by atoms with Gasteiger partial charge in [-0.05, 0) is 0 Å². The highest BCUT2D eigenvalue weighted by Crippen LogP contribution is 1.88. The average Bonchev–Trinajstić information content (AvgIpc) is 2.15. The Morgan fingerprint density at radius 1 is 1.56 bits per heavy atom. The number of aromatic nitrogens is 2. The Morgan fingerprint density at radius 3 is 2.75 bits per heavy atom. The fraction of sp³-hybridized carbons (Fsp3) is 0.300. The quantitative estimate of drug-likeness (QED) is 0.611. The highest BCUT2D eigenvalue weighted by atomic mass is 16.2. The van der Waals surface area contributed by atoms with E-state index in [0.717, 1.165) is 4.57 Å². The Balaban J connectivity index is 3.09. The first-order valence-electron chi connectivity index (χ1n) is 4.59. The fourth-order valence-electron chi connectivity index (χ4n) is 1.24. The summed E-state index contributed by atoms with van der Waals surface area (Å²) in [6.45, 7) is 0.154. The minimum absolute atomic E-state index is 0.154. The Hall–Kier alpha value is -2.29. The second kappa shape index (κ2) is 4.98. The third-order valence-corrected chi connectivity index (χ3v) is 1.92. The molecule has 0 aliphatic rings. The zero-order valence-electron chi connectivity index (χ0n) is 8.53. The van der Waals surface area contributed by atoms with Crippen molar-refractivity contribution in [3.8, 4) is 12.3 Å². The summed E-state index contributed by atoms with van der Waals surface area (Å²) in [7, 11) is 0. The third kappa shape index (κ3) is 2.85. The van der Waals surface area contributed by atoms with Crippen molar-refractivity contribution in [2.45, 2.75) is 19.4 Å². The van der Waals surface area contributed by atoms with E-state index in [1.807, 2.05) is 0 Å². The van der Waals surface area contributed by atoms with E-state index in [-0.39, 0.29) is 25.1 Å². The summed E-state index contributed by atoms with van der Waals surface area (Å²) < 4.78 is 0.977. The molecule has 1 aromatic rings. The molecule has 6 nitrogen and oxygen atoms in total. The molecule has 1 amide bonds. The maximum absolute atomic E-state index is 11.5. The van der Waals surface area contributed by atoms with E-state index in [2.05, 4.69) is 10.9 Å². The number of amides is 1. The summed E-state index contributed by atoms with van der Waals surface area (Å²) in [5.41, 5.74) is 4.08. The van der Waals surface area contributed by atoms with Gasteiger partial charge in [-0.1, -0.05) is 0 Å². The first kappa shape index (κ1) is 11.8. The lowest BCUT2D eigenvalue weighted by Crippen LogP contribution is -2.36. The van der Waals surface area contributed by atoms with Crippen LogP contribution in [0.25, 0.3) is 0 Å². The van der Waals surface area contributed by atoms with Gasteiger partial charge in [-0.3, -0.25) is 14.2 Å². The first-order valence-corrected chi connectivity index (χ1v) is 4.59. The van der Waals surface area contributed by atoms with Crippen LogP contribution in [-0.2, 0) is 17.8 Å². The first-order chi connectivity index (χ1) is 7.54. The summed E-state index contributed by atoms with van der Waals surface area (Å²) in [4.78, 5) is 35.9. The van der Waals surface area contributed by atoms with Crippen molar-refractivity contribution in [3.63, 3.8) is 0 Å². The van der Waals surface area contributed by atoms with Crippen molar-refractivity contribution in [1.82, 2.24) is 9.55 Å². The summed E-state index contributed by atoms with van der Waals surface area (Å²) in [6, 6.07) is 1.17. The highest BCUT2D eigenvalue weighted by molar-refractivity contribution is 5.75. The van der Waals surface area contributed by atoms with Crippen LogP contribution in [0.1, 0.15) is 12.1 Å². The Labute approximate surface area is 91.1 Å². The lowest BCUT2D eigenvalue weighted by Gasteiger charge is -2.03.